The fourth-order valence-electron chi connectivity index (χ4n) is 1.90. The Kier molecular flexibility index (Phi) is 3.69. The SMILES string of the molecule is CN1CCN(Cc2cccc(N)c2Br)CC1=O. The van der Waals surface area contributed by atoms with Crippen LogP contribution >= 0.6 is 15.9 Å². The van der Waals surface area contributed by atoms with Crippen LogP contribution in [0.25, 0.3) is 0 Å². The molecule has 1 aliphatic rings. The molecule has 1 heterocycles. The number of hydrogen-bond acceptors (Lipinski definition) is 3. The minimum Gasteiger partial charge on any atom is -0.398 e. The number of halogens is 1. The van der Waals surface area contributed by atoms with Gasteiger partial charge < -0.3 is 10.6 Å². The quantitative estimate of drug-likeness (QED) is 0.838. The van der Waals surface area contributed by atoms with E-state index in [0.717, 1.165) is 35.4 Å². The summed E-state index contributed by atoms with van der Waals surface area (Å²) in [5, 5.41) is 0. The average molecular weight is 298 g/mol. The fraction of sp³-hybridized carbons (Fsp3) is 0.417. The van der Waals surface area contributed by atoms with E-state index < -0.39 is 0 Å². The summed E-state index contributed by atoms with van der Waals surface area (Å²) in [6.07, 6.45) is 0. The van der Waals surface area contributed by atoms with Gasteiger partial charge in [-0.2, -0.15) is 0 Å². The second-order valence-electron chi connectivity index (χ2n) is 4.35. The van der Waals surface area contributed by atoms with Crippen LogP contribution in [0, 0.1) is 0 Å². The first-order valence-corrected chi connectivity index (χ1v) is 6.36. The van der Waals surface area contributed by atoms with Gasteiger partial charge in [0.2, 0.25) is 5.91 Å². The van der Waals surface area contributed by atoms with Gasteiger partial charge in [-0.1, -0.05) is 12.1 Å². The van der Waals surface area contributed by atoms with E-state index in [1.165, 1.54) is 0 Å². The maximum atomic E-state index is 11.6. The van der Waals surface area contributed by atoms with Crippen LogP contribution in [0.15, 0.2) is 22.7 Å². The van der Waals surface area contributed by atoms with Crippen molar-refractivity contribution in [3.05, 3.63) is 28.2 Å². The number of piperazine rings is 1. The lowest BCUT2D eigenvalue weighted by Gasteiger charge is -2.32. The first-order chi connectivity index (χ1) is 8.08. The molecule has 0 saturated carbocycles. The topological polar surface area (TPSA) is 49.6 Å². The Bertz CT molecular complexity index is 436. The molecule has 1 amide bonds. The lowest BCUT2D eigenvalue weighted by Crippen LogP contribution is -2.48. The normalized spacial score (nSPS) is 17.5. The highest BCUT2D eigenvalue weighted by atomic mass is 79.9. The maximum Gasteiger partial charge on any atom is 0.236 e. The predicted molar refractivity (Wildman–Crippen MR) is 71.5 cm³/mol. The zero-order chi connectivity index (χ0) is 12.4. The number of benzene rings is 1. The van der Waals surface area contributed by atoms with E-state index in [2.05, 4.69) is 20.8 Å². The standard InChI is InChI=1S/C12H16BrN3O/c1-15-5-6-16(8-11(15)17)7-9-3-2-4-10(14)12(9)13/h2-4H,5-8,14H2,1H3. The number of nitrogens with zero attached hydrogens (tertiary/aromatic N) is 2. The van der Waals surface area contributed by atoms with Crippen molar-refractivity contribution in [2.75, 3.05) is 32.4 Å². The predicted octanol–water partition coefficient (Wildman–Crippen LogP) is 1.31. The number of carbonyl (C=O) groups excluding carboxylic acids is 1. The maximum absolute atomic E-state index is 11.6. The summed E-state index contributed by atoms with van der Waals surface area (Å²) < 4.78 is 0.936. The van der Waals surface area contributed by atoms with Crippen molar-refractivity contribution in [1.29, 1.82) is 0 Å². The van der Waals surface area contributed by atoms with Crippen molar-refractivity contribution >= 4 is 27.5 Å². The van der Waals surface area contributed by atoms with Gasteiger partial charge in [0, 0.05) is 36.8 Å². The number of anilines is 1. The van der Waals surface area contributed by atoms with Gasteiger partial charge in [-0.15, -0.1) is 0 Å². The third-order valence-corrected chi connectivity index (χ3v) is 4.01. The number of amides is 1. The van der Waals surface area contributed by atoms with Crippen LogP contribution in [0.2, 0.25) is 0 Å². The summed E-state index contributed by atoms with van der Waals surface area (Å²) in [4.78, 5) is 15.5. The molecule has 1 saturated heterocycles. The van der Waals surface area contributed by atoms with E-state index in [4.69, 9.17) is 5.73 Å². The van der Waals surface area contributed by atoms with E-state index in [1.807, 2.05) is 25.2 Å². The number of rotatable bonds is 2. The fourth-order valence-corrected chi connectivity index (χ4v) is 2.29. The molecule has 1 fully saturated rings. The molecule has 0 bridgehead atoms. The number of nitrogen functional groups attached to an aromatic ring is 1. The molecule has 0 aromatic heterocycles. The van der Waals surface area contributed by atoms with Gasteiger partial charge in [-0.05, 0) is 27.6 Å². The molecule has 0 spiro atoms. The second-order valence-corrected chi connectivity index (χ2v) is 5.14. The van der Waals surface area contributed by atoms with Crippen LogP contribution in [0.4, 0.5) is 5.69 Å². The third kappa shape index (κ3) is 2.79. The second kappa shape index (κ2) is 5.06. The van der Waals surface area contributed by atoms with Gasteiger partial charge in [0.15, 0.2) is 0 Å². The van der Waals surface area contributed by atoms with Gasteiger partial charge in [0.1, 0.15) is 0 Å². The molecule has 0 atom stereocenters. The number of nitrogens with two attached hydrogens (primary N) is 1. The van der Waals surface area contributed by atoms with Crippen LogP contribution < -0.4 is 5.73 Å². The molecule has 1 aromatic rings. The Morgan fingerprint density at radius 1 is 1.41 bits per heavy atom. The molecule has 2 N–H and O–H groups in total. The third-order valence-electron chi connectivity index (χ3n) is 3.04. The molecule has 17 heavy (non-hydrogen) atoms. The summed E-state index contributed by atoms with van der Waals surface area (Å²) in [6.45, 7) is 2.94. The van der Waals surface area contributed by atoms with E-state index >= 15 is 0 Å². The van der Waals surface area contributed by atoms with Gasteiger partial charge in [0.25, 0.3) is 0 Å². The Morgan fingerprint density at radius 3 is 2.88 bits per heavy atom. The summed E-state index contributed by atoms with van der Waals surface area (Å²) in [7, 11) is 1.84. The zero-order valence-corrected chi connectivity index (χ0v) is 11.4. The minimum atomic E-state index is 0.177. The van der Waals surface area contributed by atoms with Crippen LogP contribution in [0.5, 0.6) is 0 Å². The molecule has 0 aliphatic carbocycles. The van der Waals surface area contributed by atoms with Crippen molar-refractivity contribution in [2.24, 2.45) is 0 Å². The Balaban J connectivity index is 2.06. The van der Waals surface area contributed by atoms with Gasteiger partial charge in [-0.3, -0.25) is 9.69 Å². The molecular formula is C12H16BrN3O. The first kappa shape index (κ1) is 12.4. The van der Waals surface area contributed by atoms with E-state index in [-0.39, 0.29) is 5.91 Å². The summed E-state index contributed by atoms with van der Waals surface area (Å²) >= 11 is 3.49. The largest absolute Gasteiger partial charge is 0.398 e. The summed E-state index contributed by atoms with van der Waals surface area (Å²) in [5.74, 6) is 0.177. The van der Waals surface area contributed by atoms with E-state index in [9.17, 15) is 4.79 Å². The van der Waals surface area contributed by atoms with E-state index in [0.29, 0.717) is 6.54 Å². The van der Waals surface area contributed by atoms with Crippen molar-refractivity contribution in [2.45, 2.75) is 6.54 Å². The molecule has 4 nitrogen and oxygen atoms in total. The highest BCUT2D eigenvalue weighted by molar-refractivity contribution is 9.10. The highest BCUT2D eigenvalue weighted by Crippen LogP contribution is 2.25. The van der Waals surface area contributed by atoms with Crippen molar-refractivity contribution in [3.63, 3.8) is 0 Å². The molecule has 1 aliphatic heterocycles. The number of likely N-dealkylation sites (N-methyl/N-ethyl adjacent to an activating group) is 1. The molecule has 2 rings (SSSR count). The molecular weight excluding hydrogens is 282 g/mol. The zero-order valence-electron chi connectivity index (χ0n) is 9.82. The van der Waals surface area contributed by atoms with Crippen LogP contribution in [-0.4, -0.2) is 42.4 Å². The summed E-state index contributed by atoms with van der Waals surface area (Å²) in [6, 6.07) is 5.83. The Morgan fingerprint density at radius 2 is 2.18 bits per heavy atom. The molecule has 0 unspecified atom stereocenters. The number of carbonyl (C=O) groups is 1. The van der Waals surface area contributed by atoms with Gasteiger partial charge in [-0.25, -0.2) is 0 Å². The van der Waals surface area contributed by atoms with Crippen molar-refractivity contribution in [3.8, 4) is 0 Å². The van der Waals surface area contributed by atoms with Gasteiger partial charge >= 0.3 is 0 Å². The van der Waals surface area contributed by atoms with Crippen LogP contribution in [0.1, 0.15) is 5.56 Å². The molecule has 5 heteroatoms. The number of hydrogen-bond donors (Lipinski definition) is 1. The minimum absolute atomic E-state index is 0.177. The lowest BCUT2D eigenvalue weighted by atomic mass is 10.1. The highest BCUT2D eigenvalue weighted by Gasteiger charge is 2.21. The van der Waals surface area contributed by atoms with E-state index in [1.54, 1.807) is 4.90 Å². The molecule has 0 radical (unpaired) electrons. The van der Waals surface area contributed by atoms with Crippen LogP contribution in [-0.2, 0) is 11.3 Å². The monoisotopic (exact) mass is 297 g/mol. The summed E-state index contributed by atoms with van der Waals surface area (Å²) in [5.41, 5.74) is 7.70. The smallest absolute Gasteiger partial charge is 0.236 e. The molecule has 92 valence electrons. The van der Waals surface area contributed by atoms with Gasteiger partial charge in [0.05, 0.1) is 6.54 Å². The Labute approximate surface area is 110 Å². The lowest BCUT2D eigenvalue weighted by molar-refractivity contribution is -0.134. The average Bonchev–Trinajstić information content (AvgIpc) is 2.30. The van der Waals surface area contributed by atoms with Crippen molar-refractivity contribution in [1.82, 2.24) is 9.80 Å². The van der Waals surface area contributed by atoms with Crippen LogP contribution in [0.3, 0.4) is 0 Å². The van der Waals surface area contributed by atoms with Crippen molar-refractivity contribution < 1.29 is 4.79 Å². The molecule has 1 aromatic carbocycles. The Hall–Kier alpha value is -1.07. The first-order valence-electron chi connectivity index (χ1n) is 5.57.